The molecule has 20 heavy (non-hydrogen) atoms. The summed E-state index contributed by atoms with van der Waals surface area (Å²) in [5.74, 6) is 0.327. The minimum atomic E-state index is -0.524. The highest BCUT2D eigenvalue weighted by atomic mass is 16.3. The lowest BCUT2D eigenvalue weighted by Crippen LogP contribution is -2.56. The Hall–Kier alpha value is -1.58. The van der Waals surface area contributed by atoms with Gasteiger partial charge in [-0.05, 0) is 37.2 Å². The van der Waals surface area contributed by atoms with Gasteiger partial charge in [0.25, 0.3) is 0 Å². The van der Waals surface area contributed by atoms with Gasteiger partial charge in [0.15, 0.2) is 5.78 Å². The molecule has 1 aromatic rings. The van der Waals surface area contributed by atoms with Crippen molar-refractivity contribution in [2.75, 3.05) is 6.54 Å². The molecular formula is C16H21NO3. The van der Waals surface area contributed by atoms with E-state index < -0.39 is 5.92 Å². The molecule has 4 atom stereocenters. The topological polar surface area (TPSA) is 50.5 Å². The van der Waals surface area contributed by atoms with E-state index in [1.54, 1.807) is 6.07 Å². The van der Waals surface area contributed by atoms with Crippen molar-refractivity contribution in [2.24, 2.45) is 17.8 Å². The van der Waals surface area contributed by atoms with Gasteiger partial charge < -0.3 is 9.32 Å². The van der Waals surface area contributed by atoms with Crippen LogP contribution < -0.4 is 0 Å². The van der Waals surface area contributed by atoms with Crippen LogP contribution in [0.25, 0.3) is 0 Å². The number of nitrogens with zero attached hydrogens (tertiary/aromatic N) is 1. The fourth-order valence-corrected chi connectivity index (χ4v) is 3.67. The number of fused-ring (bicyclic) bond motifs is 1. The Morgan fingerprint density at radius 1 is 1.35 bits per heavy atom. The summed E-state index contributed by atoms with van der Waals surface area (Å²) in [5, 5.41) is 0. The van der Waals surface area contributed by atoms with Gasteiger partial charge in [0.05, 0.1) is 11.8 Å². The molecule has 2 fully saturated rings. The zero-order valence-electron chi connectivity index (χ0n) is 12.0. The summed E-state index contributed by atoms with van der Waals surface area (Å²) >= 11 is 0. The van der Waals surface area contributed by atoms with Gasteiger partial charge in [0.2, 0.25) is 5.91 Å². The Labute approximate surface area is 119 Å². The molecule has 4 heteroatoms. The van der Waals surface area contributed by atoms with Crippen LogP contribution >= 0.6 is 0 Å². The van der Waals surface area contributed by atoms with E-state index in [2.05, 4.69) is 13.8 Å². The first kappa shape index (κ1) is 13.4. The molecule has 3 heterocycles. The minimum Gasteiger partial charge on any atom is -0.472 e. The maximum Gasteiger partial charge on any atom is 0.233 e. The summed E-state index contributed by atoms with van der Waals surface area (Å²) in [6.45, 7) is 5.13. The van der Waals surface area contributed by atoms with Gasteiger partial charge in [-0.3, -0.25) is 9.59 Å². The predicted molar refractivity (Wildman–Crippen MR) is 74.2 cm³/mol. The highest BCUT2D eigenvalue weighted by molar-refractivity contribution is 6.10. The number of ketones is 1. The van der Waals surface area contributed by atoms with E-state index in [-0.39, 0.29) is 11.7 Å². The molecule has 0 spiro atoms. The predicted octanol–water partition coefficient (Wildman–Crippen LogP) is 2.75. The third-order valence-electron chi connectivity index (χ3n) is 4.83. The van der Waals surface area contributed by atoms with Crippen LogP contribution in [-0.2, 0) is 4.79 Å². The number of hydrogen-bond donors (Lipinski definition) is 0. The molecule has 1 aromatic heterocycles. The Morgan fingerprint density at radius 2 is 2.15 bits per heavy atom. The van der Waals surface area contributed by atoms with Gasteiger partial charge in [0.1, 0.15) is 12.2 Å². The monoisotopic (exact) mass is 275 g/mol. The number of amides is 1. The largest absolute Gasteiger partial charge is 0.472 e. The first-order chi connectivity index (χ1) is 9.58. The number of hydrogen-bond acceptors (Lipinski definition) is 3. The van der Waals surface area contributed by atoms with Gasteiger partial charge in [-0.1, -0.05) is 13.8 Å². The van der Waals surface area contributed by atoms with Gasteiger partial charge in [-0.2, -0.15) is 0 Å². The maximum atomic E-state index is 12.7. The van der Waals surface area contributed by atoms with Gasteiger partial charge >= 0.3 is 0 Å². The van der Waals surface area contributed by atoms with Crippen LogP contribution in [0.3, 0.4) is 0 Å². The van der Waals surface area contributed by atoms with Crippen LogP contribution in [0.4, 0.5) is 0 Å². The quantitative estimate of drug-likeness (QED) is 0.616. The van der Waals surface area contributed by atoms with Crippen LogP contribution in [0.5, 0.6) is 0 Å². The van der Waals surface area contributed by atoms with Crippen LogP contribution in [0.15, 0.2) is 23.0 Å². The molecule has 0 bridgehead atoms. The highest BCUT2D eigenvalue weighted by Gasteiger charge is 2.44. The van der Waals surface area contributed by atoms with Crippen LogP contribution in [-0.4, -0.2) is 29.2 Å². The van der Waals surface area contributed by atoms with Crippen molar-refractivity contribution >= 4 is 11.7 Å². The smallest absolute Gasteiger partial charge is 0.233 e. The molecule has 0 aromatic carbocycles. The summed E-state index contributed by atoms with van der Waals surface area (Å²) in [6.07, 6.45) is 5.83. The molecular weight excluding hydrogens is 254 g/mol. The van der Waals surface area contributed by atoms with E-state index in [1.807, 2.05) is 4.90 Å². The lowest BCUT2D eigenvalue weighted by Gasteiger charge is -2.47. The minimum absolute atomic E-state index is 0.0193. The van der Waals surface area contributed by atoms with Crippen LogP contribution in [0.2, 0.25) is 0 Å². The molecule has 0 aliphatic carbocycles. The Kier molecular flexibility index (Phi) is 3.40. The van der Waals surface area contributed by atoms with E-state index in [1.165, 1.54) is 18.9 Å². The fourth-order valence-electron chi connectivity index (χ4n) is 3.67. The van der Waals surface area contributed by atoms with Gasteiger partial charge in [0, 0.05) is 12.6 Å². The zero-order valence-corrected chi connectivity index (χ0v) is 12.0. The normalized spacial score (nSPS) is 33.9. The molecule has 4 nitrogen and oxygen atoms in total. The van der Waals surface area contributed by atoms with E-state index in [4.69, 9.17) is 4.42 Å². The summed E-state index contributed by atoms with van der Waals surface area (Å²) in [5.41, 5.74) is 0.513. The van der Waals surface area contributed by atoms with E-state index in [9.17, 15) is 9.59 Å². The van der Waals surface area contributed by atoms with Crippen LogP contribution in [0.1, 0.15) is 43.5 Å². The number of piperidine rings is 2. The molecule has 4 unspecified atom stereocenters. The van der Waals surface area contributed by atoms with Crippen LogP contribution in [0, 0.1) is 17.8 Å². The average Bonchev–Trinajstić information content (AvgIpc) is 2.96. The number of carbonyl (C=O) groups is 2. The summed E-state index contributed by atoms with van der Waals surface area (Å²) in [6, 6.07) is 1.97. The number of carbonyl (C=O) groups excluding carboxylic acids is 2. The van der Waals surface area contributed by atoms with Crippen molar-refractivity contribution < 1.29 is 14.0 Å². The van der Waals surface area contributed by atoms with Crippen molar-refractivity contribution in [3.63, 3.8) is 0 Å². The number of furan rings is 1. The van der Waals surface area contributed by atoms with Crippen molar-refractivity contribution in [1.82, 2.24) is 4.90 Å². The SMILES string of the molecule is CC1CCC2C(C)CC(C(=O)c3ccoc3)C(=O)N2C1. The summed E-state index contributed by atoms with van der Waals surface area (Å²) in [4.78, 5) is 27.1. The maximum absolute atomic E-state index is 12.7. The molecule has 1 amide bonds. The molecule has 108 valence electrons. The third kappa shape index (κ3) is 2.17. The van der Waals surface area contributed by atoms with E-state index >= 15 is 0 Å². The zero-order chi connectivity index (χ0) is 14.3. The fraction of sp³-hybridized carbons (Fsp3) is 0.625. The van der Waals surface area contributed by atoms with E-state index in [0.717, 1.165) is 13.0 Å². The standard InChI is InChI=1S/C16H21NO3/c1-10-3-4-14-11(2)7-13(16(19)17(14)8-10)15(18)12-5-6-20-9-12/h5-6,9-11,13-14H,3-4,7-8H2,1-2H3. The third-order valence-corrected chi connectivity index (χ3v) is 4.83. The molecule has 0 radical (unpaired) electrons. The highest BCUT2D eigenvalue weighted by Crippen LogP contribution is 2.36. The molecule has 2 aliphatic rings. The van der Waals surface area contributed by atoms with Crippen molar-refractivity contribution in [3.8, 4) is 0 Å². The van der Waals surface area contributed by atoms with Gasteiger partial charge in [-0.15, -0.1) is 0 Å². The Balaban J connectivity index is 1.83. The second kappa shape index (κ2) is 5.08. The number of Topliss-reactive ketones (excluding diaryl/α,β-unsaturated/α-hetero) is 1. The molecule has 0 N–H and O–H groups in total. The summed E-state index contributed by atoms with van der Waals surface area (Å²) < 4.78 is 4.97. The molecule has 2 saturated heterocycles. The summed E-state index contributed by atoms with van der Waals surface area (Å²) in [7, 11) is 0. The Morgan fingerprint density at radius 3 is 2.85 bits per heavy atom. The van der Waals surface area contributed by atoms with Crippen molar-refractivity contribution in [3.05, 3.63) is 24.2 Å². The van der Waals surface area contributed by atoms with E-state index in [0.29, 0.717) is 29.9 Å². The molecule has 2 aliphatic heterocycles. The molecule has 3 rings (SSSR count). The first-order valence-electron chi connectivity index (χ1n) is 7.44. The first-order valence-corrected chi connectivity index (χ1v) is 7.44. The second-order valence-corrected chi connectivity index (χ2v) is 6.38. The lowest BCUT2D eigenvalue weighted by molar-refractivity contribution is -0.145. The molecule has 0 saturated carbocycles. The lowest BCUT2D eigenvalue weighted by atomic mass is 9.76. The van der Waals surface area contributed by atoms with Crippen molar-refractivity contribution in [2.45, 2.75) is 39.2 Å². The van der Waals surface area contributed by atoms with Crippen molar-refractivity contribution in [1.29, 1.82) is 0 Å². The average molecular weight is 275 g/mol. The number of rotatable bonds is 2. The Bertz CT molecular complexity index is 508. The van der Waals surface area contributed by atoms with Gasteiger partial charge in [-0.25, -0.2) is 0 Å². The second-order valence-electron chi connectivity index (χ2n) is 6.38.